The number of aliphatic hydroxyl groups excluding tert-OH is 1. The van der Waals surface area contributed by atoms with Gasteiger partial charge in [0.25, 0.3) is 0 Å². The van der Waals surface area contributed by atoms with E-state index in [1.807, 2.05) is 6.07 Å². The third-order valence-corrected chi connectivity index (χ3v) is 3.39. The lowest BCUT2D eigenvalue weighted by molar-refractivity contribution is 0.273. The minimum Gasteiger partial charge on any atom is -0.494 e. The molecule has 0 heterocycles. The molecule has 0 bridgehead atoms. The van der Waals surface area contributed by atoms with Crippen molar-refractivity contribution in [1.29, 1.82) is 0 Å². The van der Waals surface area contributed by atoms with E-state index in [4.69, 9.17) is 9.84 Å². The predicted octanol–water partition coefficient (Wildman–Crippen LogP) is 2.87. The molecular weight excluding hydrogens is 238 g/mol. The minimum atomic E-state index is 0.302. The lowest BCUT2D eigenvalue weighted by Crippen LogP contribution is -2.15. The minimum absolute atomic E-state index is 0.302. The third kappa shape index (κ3) is 6.08. The number of aliphatic hydroxyl groups is 1. The average Bonchev–Trinajstić information content (AvgIpc) is 3.25. The molecule has 0 spiro atoms. The molecule has 0 unspecified atom stereocenters. The van der Waals surface area contributed by atoms with Crippen LogP contribution in [0.25, 0.3) is 0 Å². The number of hydrogen-bond acceptors (Lipinski definition) is 3. The molecule has 1 aromatic carbocycles. The second kappa shape index (κ2) is 8.18. The van der Waals surface area contributed by atoms with Crippen molar-refractivity contribution in [2.45, 2.75) is 51.1 Å². The van der Waals surface area contributed by atoms with Crippen molar-refractivity contribution in [1.82, 2.24) is 5.32 Å². The van der Waals surface area contributed by atoms with Crippen LogP contribution in [-0.2, 0) is 6.54 Å². The van der Waals surface area contributed by atoms with Crippen molar-refractivity contribution >= 4 is 0 Å². The topological polar surface area (TPSA) is 41.5 Å². The lowest BCUT2D eigenvalue weighted by Gasteiger charge is -2.08. The summed E-state index contributed by atoms with van der Waals surface area (Å²) in [5.41, 5.74) is 1.30. The first-order valence-electron chi connectivity index (χ1n) is 7.44. The first-order valence-corrected chi connectivity index (χ1v) is 7.44. The van der Waals surface area contributed by atoms with Crippen molar-refractivity contribution < 1.29 is 9.84 Å². The highest BCUT2D eigenvalue weighted by atomic mass is 16.5. The molecule has 0 atom stereocenters. The predicted molar refractivity (Wildman–Crippen MR) is 77.4 cm³/mol. The number of unbranched alkanes of at least 4 members (excludes halogenated alkanes) is 3. The summed E-state index contributed by atoms with van der Waals surface area (Å²) in [5, 5.41) is 12.2. The van der Waals surface area contributed by atoms with Crippen LogP contribution in [0, 0.1) is 0 Å². The molecule has 0 aliphatic heterocycles. The standard InChI is InChI=1S/C16H25NO2/c18-10-3-1-2-4-11-19-16-7-5-6-14(12-16)13-17-15-8-9-15/h5-7,12,15,17-18H,1-4,8-11,13H2. The Morgan fingerprint density at radius 3 is 2.79 bits per heavy atom. The summed E-state index contributed by atoms with van der Waals surface area (Å²) in [7, 11) is 0. The molecule has 3 nitrogen and oxygen atoms in total. The van der Waals surface area contributed by atoms with E-state index in [1.54, 1.807) is 0 Å². The zero-order valence-electron chi connectivity index (χ0n) is 11.6. The molecule has 106 valence electrons. The number of benzene rings is 1. The molecule has 0 radical (unpaired) electrons. The number of nitrogens with one attached hydrogen (secondary N) is 1. The van der Waals surface area contributed by atoms with Gasteiger partial charge in [0, 0.05) is 19.2 Å². The normalized spacial score (nSPS) is 14.6. The van der Waals surface area contributed by atoms with Gasteiger partial charge in [-0.05, 0) is 49.8 Å². The van der Waals surface area contributed by atoms with E-state index >= 15 is 0 Å². The molecule has 2 rings (SSSR count). The van der Waals surface area contributed by atoms with Gasteiger partial charge < -0.3 is 15.2 Å². The van der Waals surface area contributed by atoms with E-state index in [9.17, 15) is 0 Å². The maximum atomic E-state index is 8.69. The second-order valence-electron chi connectivity index (χ2n) is 5.29. The first-order chi connectivity index (χ1) is 9.38. The molecule has 3 heteroatoms. The smallest absolute Gasteiger partial charge is 0.119 e. The van der Waals surface area contributed by atoms with Crippen LogP contribution in [0.1, 0.15) is 44.1 Å². The van der Waals surface area contributed by atoms with E-state index < -0.39 is 0 Å². The Bertz CT molecular complexity index is 364. The fourth-order valence-electron chi connectivity index (χ4n) is 2.05. The van der Waals surface area contributed by atoms with Crippen molar-refractivity contribution in [3.05, 3.63) is 29.8 Å². The lowest BCUT2D eigenvalue weighted by atomic mass is 10.2. The largest absolute Gasteiger partial charge is 0.494 e. The SMILES string of the molecule is OCCCCCCOc1cccc(CNC2CC2)c1. The zero-order chi connectivity index (χ0) is 13.3. The van der Waals surface area contributed by atoms with Crippen LogP contribution in [0.3, 0.4) is 0 Å². The number of ether oxygens (including phenoxy) is 1. The summed E-state index contributed by atoms with van der Waals surface area (Å²) in [4.78, 5) is 0. The highest BCUT2D eigenvalue weighted by Gasteiger charge is 2.19. The van der Waals surface area contributed by atoms with Gasteiger partial charge in [-0.15, -0.1) is 0 Å². The fourth-order valence-corrected chi connectivity index (χ4v) is 2.05. The van der Waals surface area contributed by atoms with E-state index in [2.05, 4.69) is 23.5 Å². The van der Waals surface area contributed by atoms with Crippen LogP contribution in [0.2, 0.25) is 0 Å². The molecule has 1 aliphatic carbocycles. The monoisotopic (exact) mass is 263 g/mol. The summed E-state index contributed by atoms with van der Waals surface area (Å²) < 4.78 is 5.76. The summed E-state index contributed by atoms with van der Waals surface area (Å²) in [6.45, 7) is 2.01. The van der Waals surface area contributed by atoms with Gasteiger partial charge in [-0.25, -0.2) is 0 Å². The second-order valence-corrected chi connectivity index (χ2v) is 5.29. The Hall–Kier alpha value is -1.06. The van der Waals surface area contributed by atoms with Crippen molar-refractivity contribution in [2.24, 2.45) is 0 Å². The van der Waals surface area contributed by atoms with Crippen molar-refractivity contribution in [2.75, 3.05) is 13.2 Å². The Labute approximate surface area is 116 Å². The van der Waals surface area contributed by atoms with Gasteiger partial charge in [0.1, 0.15) is 5.75 Å². The van der Waals surface area contributed by atoms with Gasteiger partial charge in [0.2, 0.25) is 0 Å². The Morgan fingerprint density at radius 1 is 1.16 bits per heavy atom. The maximum Gasteiger partial charge on any atom is 0.119 e. The van der Waals surface area contributed by atoms with E-state index in [0.717, 1.165) is 50.6 Å². The van der Waals surface area contributed by atoms with Crippen molar-refractivity contribution in [3.63, 3.8) is 0 Å². The molecule has 19 heavy (non-hydrogen) atoms. The Morgan fingerprint density at radius 2 is 2.00 bits per heavy atom. The molecule has 1 saturated carbocycles. The van der Waals surface area contributed by atoms with Crippen LogP contribution < -0.4 is 10.1 Å². The highest BCUT2D eigenvalue weighted by molar-refractivity contribution is 5.28. The number of rotatable bonds is 10. The molecular formula is C16H25NO2. The van der Waals surface area contributed by atoms with Gasteiger partial charge in [-0.2, -0.15) is 0 Å². The highest BCUT2D eigenvalue weighted by Crippen LogP contribution is 2.20. The fraction of sp³-hybridized carbons (Fsp3) is 0.625. The Balaban J connectivity index is 1.63. The summed E-state index contributed by atoms with van der Waals surface area (Å²) in [5.74, 6) is 0.970. The first kappa shape index (κ1) is 14.4. The van der Waals surface area contributed by atoms with Crippen LogP contribution in [0.15, 0.2) is 24.3 Å². The molecule has 1 fully saturated rings. The van der Waals surface area contributed by atoms with Gasteiger partial charge in [-0.3, -0.25) is 0 Å². The van der Waals surface area contributed by atoms with Gasteiger partial charge in [0.15, 0.2) is 0 Å². The summed E-state index contributed by atoms with van der Waals surface area (Å²) in [6.07, 6.45) is 6.83. The molecule has 0 saturated heterocycles. The van der Waals surface area contributed by atoms with Gasteiger partial charge >= 0.3 is 0 Å². The van der Waals surface area contributed by atoms with Crippen molar-refractivity contribution in [3.8, 4) is 5.75 Å². The summed E-state index contributed by atoms with van der Waals surface area (Å²) in [6, 6.07) is 9.10. The van der Waals surface area contributed by atoms with E-state index in [-0.39, 0.29) is 0 Å². The van der Waals surface area contributed by atoms with Crippen LogP contribution >= 0.6 is 0 Å². The van der Waals surface area contributed by atoms with E-state index in [1.165, 1.54) is 18.4 Å². The van der Waals surface area contributed by atoms with Crippen LogP contribution in [-0.4, -0.2) is 24.4 Å². The summed E-state index contributed by atoms with van der Waals surface area (Å²) >= 11 is 0. The third-order valence-electron chi connectivity index (χ3n) is 3.39. The van der Waals surface area contributed by atoms with Crippen LogP contribution in [0.5, 0.6) is 5.75 Å². The van der Waals surface area contributed by atoms with Gasteiger partial charge in [0.05, 0.1) is 6.61 Å². The zero-order valence-corrected chi connectivity index (χ0v) is 11.6. The molecule has 0 amide bonds. The quantitative estimate of drug-likeness (QED) is 0.638. The Kier molecular flexibility index (Phi) is 6.18. The maximum absolute atomic E-state index is 8.69. The van der Waals surface area contributed by atoms with Gasteiger partial charge in [-0.1, -0.05) is 18.6 Å². The number of hydrogen-bond donors (Lipinski definition) is 2. The average molecular weight is 263 g/mol. The molecule has 2 N–H and O–H groups in total. The molecule has 1 aliphatic rings. The molecule has 1 aromatic rings. The van der Waals surface area contributed by atoms with Crippen LogP contribution in [0.4, 0.5) is 0 Å². The molecule has 0 aromatic heterocycles. The van der Waals surface area contributed by atoms with E-state index in [0.29, 0.717) is 6.61 Å².